The maximum atomic E-state index is 13.3. The normalized spacial score (nSPS) is 22.8. The highest BCUT2D eigenvalue weighted by Crippen LogP contribution is 2.46. The van der Waals surface area contributed by atoms with Gasteiger partial charge in [-0.25, -0.2) is 0 Å². The summed E-state index contributed by atoms with van der Waals surface area (Å²) in [6.07, 6.45) is 0. The summed E-state index contributed by atoms with van der Waals surface area (Å²) in [5.74, 6) is -3.65. The quantitative estimate of drug-likeness (QED) is 0.391. The van der Waals surface area contributed by atoms with Crippen LogP contribution in [0.1, 0.15) is 45.0 Å². The molecule has 0 N–H and O–H groups in total. The molecule has 0 bridgehead atoms. The summed E-state index contributed by atoms with van der Waals surface area (Å²) in [6, 6.07) is 7.08. The Morgan fingerprint density at radius 1 is 1.23 bits per heavy atom. The fourth-order valence-corrected chi connectivity index (χ4v) is 4.00. The van der Waals surface area contributed by atoms with Gasteiger partial charge in [0.05, 0.1) is 6.61 Å². The van der Waals surface area contributed by atoms with Gasteiger partial charge in [-0.3, -0.25) is 14.4 Å². The van der Waals surface area contributed by atoms with Gasteiger partial charge in [-0.15, -0.1) is 0 Å². The summed E-state index contributed by atoms with van der Waals surface area (Å²) in [6.45, 7) is 9.19. The average molecular weight is 425 g/mol. The first-order valence-electron chi connectivity index (χ1n) is 8.79. The summed E-state index contributed by atoms with van der Waals surface area (Å²) in [5.41, 5.74) is -0.390. The Morgan fingerprint density at radius 3 is 2.31 bits per heavy atom. The van der Waals surface area contributed by atoms with Gasteiger partial charge in [0.2, 0.25) is 0 Å². The third-order valence-electron chi connectivity index (χ3n) is 4.86. The zero-order valence-electron chi connectivity index (χ0n) is 15.7. The number of cyclic esters (lactones) is 1. The standard InChI is InChI=1S/C20H25BrO5/c1-6-25-18(23)15-16(20(4,5)26-19(15)24)14(11(2)3)17(22)12-7-9-13(21)10-8-12/h7-11,14-16H,6H2,1-5H3/t14-,15-,16+/m0/s1. The van der Waals surface area contributed by atoms with Crippen molar-refractivity contribution >= 4 is 33.7 Å². The van der Waals surface area contributed by atoms with E-state index in [4.69, 9.17) is 9.47 Å². The number of benzene rings is 1. The predicted molar refractivity (Wildman–Crippen MR) is 101 cm³/mol. The molecular weight excluding hydrogens is 400 g/mol. The molecule has 0 amide bonds. The smallest absolute Gasteiger partial charge is 0.321 e. The van der Waals surface area contributed by atoms with Crippen LogP contribution in [0.2, 0.25) is 0 Å². The van der Waals surface area contributed by atoms with Crippen LogP contribution < -0.4 is 0 Å². The largest absolute Gasteiger partial charge is 0.465 e. The molecule has 1 aliphatic rings. The predicted octanol–water partition coefficient (Wildman–Crippen LogP) is 4.03. The average Bonchev–Trinajstić information content (AvgIpc) is 2.77. The Morgan fingerprint density at radius 2 is 1.81 bits per heavy atom. The van der Waals surface area contributed by atoms with E-state index in [1.807, 2.05) is 13.8 Å². The Hall–Kier alpha value is -1.69. The number of ether oxygens (including phenoxy) is 2. The minimum Gasteiger partial charge on any atom is -0.465 e. The van der Waals surface area contributed by atoms with Crippen LogP contribution in [0.3, 0.4) is 0 Å². The SMILES string of the molecule is CCOC(=O)[C@H]1C(=O)OC(C)(C)[C@@H]1[C@@H](C(=O)c1ccc(Br)cc1)C(C)C. The van der Waals surface area contributed by atoms with Crippen LogP contribution in [0, 0.1) is 23.7 Å². The van der Waals surface area contributed by atoms with Gasteiger partial charge >= 0.3 is 11.9 Å². The number of esters is 2. The second-order valence-electron chi connectivity index (χ2n) is 7.42. The minimum atomic E-state index is -1.09. The van der Waals surface area contributed by atoms with E-state index >= 15 is 0 Å². The molecule has 0 unspecified atom stereocenters. The first-order valence-corrected chi connectivity index (χ1v) is 9.58. The highest BCUT2D eigenvalue weighted by molar-refractivity contribution is 9.10. The van der Waals surface area contributed by atoms with Crippen molar-refractivity contribution < 1.29 is 23.9 Å². The topological polar surface area (TPSA) is 69.7 Å². The summed E-state index contributed by atoms with van der Waals surface area (Å²) in [7, 11) is 0. The second-order valence-corrected chi connectivity index (χ2v) is 8.34. The van der Waals surface area contributed by atoms with Gasteiger partial charge < -0.3 is 9.47 Å². The van der Waals surface area contributed by atoms with E-state index in [2.05, 4.69) is 15.9 Å². The molecule has 0 saturated carbocycles. The molecule has 0 aromatic heterocycles. The van der Waals surface area contributed by atoms with Crippen LogP contribution in [0.25, 0.3) is 0 Å². The van der Waals surface area contributed by atoms with Crippen LogP contribution in [0.4, 0.5) is 0 Å². The molecular formula is C20H25BrO5. The molecule has 0 radical (unpaired) electrons. The monoisotopic (exact) mass is 424 g/mol. The fourth-order valence-electron chi connectivity index (χ4n) is 3.74. The molecule has 1 fully saturated rings. The van der Waals surface area contributed by atoms with Crippen LogP contribution in [-0.2, 0) is 19.1 Å². The lowest BCUT2D eigenvalue weighted by atomic mass is 9.67. The zero-order valence-corrected chi connectivity index (χ0v) is 17.3. The maximum Gasteiger partial charge on any atom is 0.321 e. The van der Waals surface area contributed by atoms with Gasteiger partial charge in [0.1, 0.15) is 5.60 Å². The van der Waals surface area contributed by atoms with Gasteiger partial charge in [0.25, 0.3) is 0 Å². The van der Waals surface area contributed by atoms with Crippen LogP contribution >= 0.6 is 15.9 Å². The van der Waals surface area contributed by atoms with E-state index < -0.39 is 35.3 Å². The first-order chi connectivity index (χ1) is 12.1. The Balaban J connectivity index is 2.47. The Labute approximate surface area is 162 Å². The Bertz CT molecular complexity index is 693. The molecule has 0 aliphatic carbocycles. The van der Waals surface area contributed by atoms with Crippen molar-refractivity contribution in [3.05, 3.63) is 34.3 Å². The highest BCUT2D eigenvalue weighted by Gasteiger charge is 2.59. The van der Waals surface area contributed by atoms with E-state index in [1.165, 1.54) is 0 Å². The molecule has 6 heteroatoms. The van der Waals surface area contributed by atoms with Crippen molar-refractivity contribution in [2.75, 3.05) is 6.61 Å². The zero-order chi connectivity index (χ0) is 19.6. The highest BCUT2D eigenvalue weighted by atomic mass is 79.9. The molecule has 26 heavy (non-hydrogen) atoms. The van der Waals surface area contributed by atoms with Gasteiger partial charge in [-0.2, -0.15) is 0 Å². The molecule has 5 nitrogen and oxygen atoms in total. The van der Waals surface area contributed by atoms with E-state index in [1.54, 1.807) is 45.0 Å². The summed E-state index contributed by atoms with van der Waals surface area (Å²) < 4.78 is 11.4. The molecule has 1 aliphatic heterocycles. The van der Waals surface area contributed by atoms with E-state index in [0.717, 1.165) is 4.47 Å². The van der Waals surface area contributed by atoms with Gasteiger partial charge in [0.15, 0.2) is 11.7 Å². The lowest BCUT2D eigenvalue weighted by Crippen LogP contribution is -2.44. The number of carbonyl (C=O) groups is 3. The lowest BCUT2D eigenvalue weighted by Gasteiger charge is -2.35. The van der Waals surface area contributed by atoms with Crippen LogP contribution in [-0.4, -0.2) is 29.9 Å². The molecule has 3 atom stereocenters. The van der Waals surface area contributed by atoms with E-state index in [0.29, 0.717) is 5.56 Å². The Kier molecular flexibility index (Phi) is 6.27. The molecule has 0 spiro atoms. The van der Waals surface area contributed by atoms with Crippen LogP contribution in [0.15, 0.2) is 28.7 Å². The molecule has 1 heterocycles. The summed E-state index contributed by atoms with van der Waals surface area (Å²) in [5, 5.41) is 0. The van der Waals surface area contributed by atoms with Crippen molar-refractivity contribution in [2.24, 2.45) is 23.7 Å². The number of hydrogen-bond acceptors (Lipinski definition) is 5. The number of Topliss-reactive ketones (excluding diaryl/α,β-unsaturated/α-hetero) is 1. The lowest BCUT2D eigenvalue weighted by molar-refractivity contribution is -0.157. The third kappa shape index (κ3) is 4.00. The van der Waals surface area contributed by atoms with Crippen LogP contribution in [0.5, 0.6) is 0 Å². The molecule has 1 saturated heterocycles. The van der Waals surface area contributed by atoms with Gasteiger partial charge in [0, 0.05) is 21.9 Å². The first kappa shape index (κ1) is 20.6. The summed E-state index contributed by atoms with van der Waals surface area (Å²) >= 11 is 3.36. The van der Waals surface area contributed by atoms with Crippen molar-refractivity contribution in [1.82, 2.24) is 0 Å². The van der Waals surface area contributed by atoms with Gasteiger partial charge in [-0.05, 0) is 38.8 Å². The van der Waals surface area contributed by atoms with Gasteiger partial charge in [-0.1, -0.05) is 41.9 Å². The van der Waals surface area contributed by atoms with Crippen molar-refractivity contribution in [1.29, 1.82) is 0 Å². The fraction of sp³-hybridized carbons (Fsp3) is 0.550. The van der Waals surface area contributed by atoms with E-state index in [9.17, 15) is 14.4 Å². The maximum absolute atomic E-state index is 13.3. The van der Waals surface area contributed by atoms with Crippen molar-refractivity contribution in [3.63, 3.8) is 0 Å². The number of hydrogen-bond donors (Lipinski definition) is 0. The number of halogens is 1. The van der Waals surface area contributed by atoms with Crippen molar-refractivity contribution in [3.8, 4) is 0 Å². The number of rotatable bonds is 6. The van der Waals surface area contributed by atoms with E-state index in [-0.39, 0.29) is 18.3 Å². The molecule has 1 aromatic rings. The minimum absolute atomic E-state index is 0.0816. The number of carbonyl (C=O) groups excluding carboxylic acids is 3. The number of ketones is 1. The molecule has 1 aromatic carbocycles. The summed E-state index contributed by atoms with van der Waals surface area (Å²) in [4.78, 5) is 38.1. The molecule has 142 valence electrons. The second kappa shape index (κ2) is 7.91. The molecule has 2 rings (SSSR count). The van der Waals surface area contributed by atoms with Crippen molar-refractivity contribution in [2.45, 2.75) is 40.2 Å². The third-order valence-corrected chi connectivity index (χ3v) is 5.39.